The van der Waals surface area contributed by atoms with Gasteiger partial charge in [-0.25, -0.2) is 0 Å². The largest absolute Gasteiger partial charge is 0.488 e. The van der Waals surface area contributed by atoms with Gasteiger partial charge in [0.15, 0.2) is 6.10 Å². The molecule has 7 N–H and O–H groups in total. The van der Waals surface area contributed by atoms with Crippen LogP contribution in [0.2, 0.25) is 0 Å². The van der Waals surface area contributed by atoms with Crippen LogP contribution < -0.4 is 36.6 Å². The lowest BCUT2D eigenvalue weighted by atomic mass is 9.90. The SMILES string of the molecule is CCCCCCCCCCCCCC(=O)C[C@@H](CC(C)C)C(=O)N[C@H](C(=O)N1CCC[C@@H]1C(=O)N[C@H](C(=O)N[C@@H](C)C(=O)N[C@@H](Cc1ccc(OC(C)(C)C)cc1)C(=O)NC(C)C(O)C(=O)NC)C(C)OC(C)(C)C)C(C)OC(C)(C)C. The zero-order chi connectivity index (χ0) is 62.1. The van der Waals surface area contributed by atoms with Crippen molar-refractivity contribution < 1.29 is 57.7 Å². The van der Waals surface area contributed by atoms with Gasteiger partial charge in [0.25, 0.3) is 5.91 Å². The Morgan fingerprint density at radius 2 is 1.16 bits per heavy atom. The number of nitrogens with one attached hydrogen (secondary N) is 6. The van der Waals surface area contributed by atoms with Crippen molar-refractivity contribution in [3.63, 3.8) is 0 Å². The number of likely N-dealkylation sites (tertiary alicyclic amines) is 1. The molecule has 4 unspecified atom stereocenters. The Labute approximate surface area is 492 Å². The van der Waals surface area contributed by atoms with Gasteiger partial charge in [-0.05, 0) is 139 Å². The van der Waals surface area contributed by atoms with E-state index in [4.69, 9.17) is 14.2 Å². The predicted molar refractivity (Wildman–Crippen MR) is 321 cm³/mol. The van der Waals surface area contributed by atoms with Crippen molar-refractivity contribution in [2.75, 3.05) is 13.6 Å². The molecule has 2 rings (SSSR count). The van der Waals surface area contributed by atoms with Gasteiger partial charge in [-0.2, -0.15) is 0 Å². The van der Waals surface area contributed by atoms with Gasteiger partial charge in [0, 0.05) is 38.8 Å². The summed E-state index contributed by atoms with van der Waals surface area (Å²) >= 11 is 0. The third kappa shape index (κ3) is 28.0. The van der Waals surface area contributed by atoms with Crippen molar-refractivity contribution in [3.05, 3.63) is 29.8 Å². The number of unbranched alkanes of at least 4 members (excludes halogenated alkanes) is 10. The van der Waals surface area contributed by atoms with Gasteiger partial charge < -0.3 is 56.1 Å². The zero-order valence-corrected chi connectivity index (χ0v) is 53.3. The third-order valence-corrected chi connectivity index (χ3v) is 14.2. The van der Waals surface area contributed by atoms with Crippen molar-refractivity contribution in [1.29, 1.82) is 0 Å². The van der Waals surface area contributed by atoms with Crippen LogP contribution >= 0.6 is 0 Å². The molecule has 1 aromatic carbocycles. The Hall–Kier alpha value is -5.14. The number of nitrogens with zero attached hydrogens (tertiary/aromatic N) is 1. The van der Waals surface area contributed by atoms with E-state index < -0.39 is 119 Å². The first-order valence-electron chi connectivity index (χ1n) is 30.5. The predicted octanol–water partition coefficient (Wildman–Crippen LogP) is 7.70. The normalized spacial score (nSPS) is 17.3. The fourth-order valence-electron chi connectivity index (χ4n) is 10.2. The van der Waals surface area contributed by atoms with E-state index in [1.807, 2.05) is 55.4 Å². The van der Waals surface area contributed by atoms with Crippen molar-refractivity contribution >= 4 is 47.1 Å². The van der Waals surface area contributed by atoms with Crippen molar-refractivity contribution in [1.82, 2.24) is 36.8 Å². The second-order valence-corrected chi connectivity index (χ2v) is 26.1. The summed E-state index contributed by atoms with van der Waals surface area (Å²) in [5.41, 5.74) is -1.33. The molecule has 0 bridgehead atoms. The number of ether oxygens (including phenoxy) is 3. The lowest BCUT2D eigenvalue weighted by molar-refractivity contribution is -0.150. The molecule has 1 aliphatic heterocycles. The summed E-state index contributed by atoms with van der Waals surface area (Å²) in [5, 5.41) is 26.7. The molecule has 468 valence electrons. The van der Waals surface area contributed by atoms with Crippen LogP contribution in [0.15, 0.2) is 24.3 Å². The van der Waals surface area contributed by atoms with E-state index in [0.29, 0.717) is 30.6 Å². The summed E-state index contributed by atoms with van der Waals surface area (Å²) in [7, 11) is 1.35. The molecule has 7 amide bonds. The van der Waals surface area contributed by atoms with Crippen molar-refractivity contribution in [2.45, 2.75) is 291 Å². The fraction of sp³-hybridized carbons (Fsp3) is 0.778. The number of ketones is 1. The summed E-state index contributed by atoms with van der Waals surface area (Å²) in [5.74, 6) is -4.61. The highest BCUT2D eigenvalue weighted by atomic mass is 16.5. The summed E-state index contributed by atoms with van der Waals surface area (Å²) in [6.07, 6.45) is 10.9. The summed E-state index contributed by atoms with van der Waals surface area (Å²) in [4.78, 5) is 113. The van der Waals surface area contributed by atoms with Crippen LogP contribution in [0.25, 0.3) is 0 Å². The van der Waals surface area contributed by atoms with Gasteiger partial charge in [0.2, 0.25) is 35.4 Å². The van der Waals surface area contributed by atoms with Gasteiger partial charge in [0.1, 0.15) is 47.3 Å². The van der Waals surface area contributed by atoms with Gasteiger partial charge in [-0.3, -0.25) is 38.4 Å². The van der Waals surface area contributed by atoms with Gasteiger partial charge >= 0.3 is 0 Å². The lowest BCUT2D eigenvalue weighted by Gasteiger charge is -2.36. The van der Waals surface area contributed by atoms with E-state index in [0.717, 1.165) is 25.7 Å². The van der Waals surface area contributed by atoms with Crippen LogP contribution in [-0.4, -0.2) is 142 Å². The standard InChI is InChI=1S/C63H109N7O12/c1-18-19-20-21-22-23-24-25-26-27-28-30-47(71)39-46(37-40(2)3)55(74)69-52(44(7)81-62(11,12)13)60(79)70-36-29-31-50(70)57(76)68-51(43(6)80-61(8,9)10)58(77)66-42(5)54(73)67-49(56(75)65-41(4)53(72)59(78)64-17)38-45-32-34-48(35-33-45)82-63(14,15)16/h32-35,40-44,46,49-53,72H,18-31,36-39H2,1-17H3,(H,64,78)(H,65,75)(H,66,77)(H,67,73)(H,68,76)(H,69,74)/t41?,42-,43?,44?,46+,49-,50+,51-,52-,53?/m0/s1. The number of Topliss-reactive ketones (excluding diaryl/α,β-unsaturated/α-hetero) is 1. The average Bonchev–Trinajstić information content (AvgIpc) is 3.98. The fourth-order valence-corrected chi connectivity index (χ4v) is 10.2. The quantitative estimate of drug-likeness (QED) is 0.0319. The topological polar surface area (TPSA) is 260 Å². The maximum Gasteiger partial charge on any atom is 0.250 e. The van der Waals surface area contributed by atoms with Gasteiger partial charge in [-0.1, -0.05) is 97.1 Å². The number of hydrogen-bond acceptors (Lipinski definition) is 12. The molecule has 82 heavy (non-hydrogen) atoms. The molecule has 19 nitrogen and oxygen atoms in total. The Morgan fingerprint density at radius 1 is 0.622 bits per heavy atom. The van der Waals surface area contributed by atoms with Crippen LogP contribution in [0.3, 0.4) is 0 Å². The molecule has 10 atom stereocenters. The highest BCUT2D eigenvalue weighted by Crippen LogP contribution is 2.26. The van der Waals surface area contributed by atoms with E-state index in [-0.39, 0.29) is 37.5 Å². The molecule has 0 aliphatic carbocycles. The maximum absolute atomic E-state index is 14.9. The van der Waals surface area contributed by atoms with E-state index in [2.05, 4.69) is 38.8 Å². The number of amides is 7. The van der Waals surface area contributed by atoms with Gasteiger partial charge in [0.05, 0.1) is 29.5 Å². The van der Waals surface area contributed by atoms with E-state index in [9.17, 15) is 43.5 Å². The molecule has 19 heteroatoms. The number of aliphatic hydroxyl groups is 1. The Balaban J connectivity index is 2.35. The first-order valence-corrected chi connectivity index (χ1v) is 30.5. The third-order valence-electron chi connectivity index (χ3n) is 14.2. The monoisotopic (exact) mass is 1160 g/mol. The Morgan fingerprint density at radius 3 is 1.67 bits per heavy atom. The summed E-state index contributed by atoms with van der Waals surface area (Å²) < 4.78 is 18.5. The molecule has 0 saturated carbocycles. The van der Waals surface area contributed by atoms with Crippen molar-refractivity contribution in [2.24, 2.45) is 11.8 Å². The number of rotatable bonds is 36. The molecule has 1 aliphatic rings. The molecule has 0 radical (unpaired) electrons. The molecule has 1 saturated heterocycles. The molecular formula is C63H109N7O12. The van der Waals surface area contributed by atoms with Crippen molar-refractivity contribution in [3.8, 4) is 5.75 Å². The minimum absolute atomic E-state index is 0.0105. The van der Waals surface area contributed by atoms with E-state index in [1.54, 1.807) is 58.9 Å². The second-order valence-electron chi connectivity index (χ2n) is 26.1. The van der Waals surface area contributed by atoms with Crippen LogP contribution in [0, 0.1) is 11.8 Å². The Kier molecular flexibility index (Phi) is 31.3. The van der Waals surface area contributed by atoms with E-state index in [1.165, 1.54) is 70.7 Å². The maximum atomic E-state index is 14.9. The number of likely N-dealkylation sites (N-methyl/N-ethyl adjacent to an activating group) is 1. The number of hydrogen-bond donors (Lipinski definition) is 7. The van der Waals surface area contributed by atoms with Gasteiger partial charge in [-0.15, -0.1) is 0 Å². The van der Waals surface area contributed by atoms with Crippen LogP contribution in [-0.2, 0) is 54.3 Å². The molecular weight excluding hydrogens is 1050 g/mol. The van der Waals surface area contributed by atoms with Crippen LogP contribution in [0.5, 0.6) is 5.75 Å². The minimum atomic E-state index is -1.59. The molecule has 0 aromatic heterocycles. The van der Waals surface area contributed by atoms with Crippen LogP contribution in [0.4, 0.5) is 0 Å². The highest BCUT2D eigenvalue weighted by molar-refractivity contribution is 5.97. The second kappa shape index (κ2) is 35.2. The number of aliphatic hydroxyl groups excluding tert-OH is 1. The minimum Gasteiger partial charge on any atom is -0.488 e. The first-order chi connectivity index (χ1) is 38.2. The summed E-state index contributed by atoms with van der Waals surface area (Å²) in [6, 6.07) is -0.292. The number of carbonyl (C=O) groups excluding carboxylic acids is 8. The highest BCUT2D eigenvalue weighted by Gasteiger charge is 2.43. The first kappa shape index (κ1) is 73.0. The zero-order valence-electron chi connectivity index (χ0n) is 53.3. The average molecular weight is 1160 g/mol. The summed E-state index contributed by atoms with van der Waals surface area (Å²) in [6.45, 7) is 29.2. The molecule has 1 heterocycles. The van der Waals surface area contributed by atoms with E-state index >= 15 is 0 Å². The smallest absolute Gasteiger partial charge is 0.250 e. The molecule has 0 spiro atoms. The Bertz CT molecular complexity index is 2170. The molecule has 1 aromatic rings. The van der Waals surface area contributed by atoms with Crippen LogP contribution in [0.1, 0.15) is 219 Å². The molecule has 1 fully saturated rings. The lowest BCUT2D eigenvalue weighted by Crippen LogP contribution is -2.62. The number of carbonyl (C=O) groups is 8. The number of benzene rings is 1.